The first-order valence-corrected chi connectivity index (χ1v) is 4.80. The fourth-order valence-electron chi connectivity index (χ4n) is 1.63. The summed E-state index contributed by atoms with van der Waals surface area (Å²) < 4.78 is 0. The van der Waals surface area contributed by atoms with Crippen LogP contribution in [0.25, 0.3) is 0 Å². The Labute approximate surface area is 74.5 Å². The molecule has 0 bridgehead atoms. The van der Waals surface area contributed by atoms with Crippen LogP contribution >= 0.6 is 0 Å². The molecule has 3 N–H and O–H groups in total. The number of allylic oxidation sites excluding steroid dienone is 2. The highest BCUT2D eigenvalue weighted by Crippen LogP contribution is 2.21. The average molecular weight is 169 g/mol. The monoisotopic (exact) mass is 169 g/mol. The van der Waals surface area contributed by atoms with Crippen LogP contribution < -0.4 is 5.73 Å². The zero-order valence-electron chi connectivity index (χ0n) is 7.74. The van der Waals surface area contributed by atoms with Crippen LogP contribution in [0.1, 0.15) is 32.6 Å². The molecule has 2 nitrogen and oxygen atoms in total. The Morgan fingerprint density at radius 2 is 2.42 bits per heavy atom. The van der Waals surface area contributed by atoms with Crippen molar-refractivity contribution in [1.82, 2.24) is 0 Å². The van der Waals surface area contributed by atoms with Gasteiger partial charge in [-0.2, -0.15) is 0 Å². The Morgan fingerprint density at radius 1 is 1.67 bits per heavy atom. The van der Waals surface area contributed by atoms with Gasteiger partial charge in [0.25, 0.3) is 0 Å². The van der Waals surface area contributed by atoms with Gasteiger partial charge in [0.1, 0.15) is 0 Å². The Bertz CT molecular complexity index is 154. The fraction of sp³-hybridized carbons (Fsp3) is 0.800. The van der Waals surface area contributed by atoms with E-state index in [1.165, 1.54) is 19.3 Å². The number of hydrogen-bond donors (Lipinski definition) is 2. The van der Waals surface area contributed by atoms with Gasteiger partial charge in [0, 0.05) is 6.04 Å². The number of aliphatic hydroxyl groups excluding tert-OH is 1. The van der Waals surface area contributed by atoms with Crippen LogP contribution in [0, 0.1) is 5.92 Å². The molecule has 0 fully saturated rings. The molecule has 0 saturated carbocycles. The molecule has 0 heterocycles. The van der Waals surface area contributed by atoms with E-state index in [2.05, 4.69) is 12.2 Å². The lowest BCUT2D eigenvalue weighted by atomic mass is 9.89. The summed E-state index contributed by atoms with van der Waals surface area (Å²) in [5, 5.41) is 9.20. The van der Waals surface area contributed by atoms with E-state index in [9.17, 15) is 5.11 Å². The third-order valence-electron chi connectivity index (χ3n) is 2.55. The van der Waals surface area contributed by atoms with Crippen molar-refractivity contribution in [3.8, 4) is 0 Å². The van der Waals surface area contributed by atoms with Crippen molar-refractivity contribution in [2.45, 2.75) is 44.8 Å². The van der Waals surface area contributed by atoms with Gasteiger partial charge in [0.2, 0.25) is 0 Å². The second-order valence-electron chi connectivity index (χ2n) is 3.76. The average Bonchev–Trinajstić information content (AvgIpc) is 2.06. The van der Waals surface area contributed by atoms with Gasteiger partial charge in [-0.25, -0.2) is 0 Å². The molecule has 0 aliphatic heterocycles. The molecule has 0 radical (unpaired) electrons. The van der Waals surface area contributed by atoms with Crippen LogP contribution in [-0.2, 0) is 0 Å². The summed E-state index contributed by atoms with van der Waals surface area (Å²) in [4.78, 5) is 0. The first kappa shape index (κ1) is 9.75. The lowest BCUT2D eigenvalue weighted by Gasteiger charge is -2.22. The Balaban J connectivity index is 2.29. The van der Waals surface area contributed by atoms with Crippen molar-refractivity contribution in [1.29, 1.82) is 0 Å². The van der Waals surface area contributed by atoms with Gasteiger partial charge in [-0.3, -0.25) is 0 Å². The molecule has 12 heavy (non-hydrogen) atoms. The molecule has 2 heteroatoms. The molecule has 70 valence electrons. The van der Waals surface area contributed by atoms with Crippen molar-refractivity contribution in [2.75, 3.05) is 0 Å². The normalized spacial score (nSPS) is 28.4. The van der Waals surface area contributed by atoms with Crippen LogP contribution in [0.15, 0.2) is 12.2 Å². The Hall–Kier alpha value is -0.340. The molecule has 0 aromatic carbocycles. The van der Waals surface area contributed by atoms with Gasteiger partial charge in [0.15, 0.2) is 0 Å². The number of hydrogen-bond acceptors (Lipinski definition) is 2. The molecule has 1 aliphatic carbocycles. The minimum atomic E-state index is -0.375. The van der Waals surface area contributed by atoms with E-state index in [4.69, 9.17) is 5.73 Å². The molecule has 0 spiro atoms. The molecule has 0 aromatic rings. The zero-order chi connectivity index (χ0) is 8.97. The van der Waals surface area contributed by atoms with Crippen molar-refractivity contribution in [3.05, 3.63) is 12.2 Å². The van der Waals surface area contributed by atoms with E-state index in [1.54, 1.807) is 6.92 Å². The van der Waals surface area contributed by atoms with E-state index in [0.29, 0.717) is 5.92 Å². The van der Waals surface area contributed by atoms with E-state index in [0.717, 1.165) is 6.42 Å². The maximum Gasteiger partial charge on any atom is 0.0663 e. The van der Waals surface area contributed by atoms with E-state index in [1.807, 2.05) is 0 Å². The molecule has 1 rings (SSSR count). The maximum atomic E-state index is 9.20. The number of nitrogens with two attached hydrogens (primary N) is 1. The molecular weight excluding hydrogens is 150 g/mol. The number of rotatable bonds is 3. The second kappa shape index (κ2) is 4.63. The summed E-state index contributed by atoms with van der Waals surface area (Å²) in [6.45, 7) is 1.76. The summed E-state index contributed by atoms with van der Waals surface area (Å²) in [6, 6.07) is -0.0576. The van der Waals surface area contributed by atoms with E-state index < -0.39 is 0 Å². The molecule has 0 saturated heterocycles. The predicted molar refractivity (Wildman–Crippen MR) is 50.8 cm³/mol. The molecule has 3 atom stereocenters. The highest BCUT2D eigenvalue weighted by Gasteiger charge is 2.15. The minimum Gasteiger partial charge on any atom is -0.392 e. The maximum absolute atomic E-state index is 9.20. The summed E-state index contributed by atoms with van der Waals surface area (Å²) in [5.41, 5.74) is 5.76. The summed E-state index contributed by atoms with van der Waals surface area (Å²) >= 11 is 0. The zero-order valence-corrected chi connectivity index (χ0v) is 7.74. The van der Waals surface area contributed by atoms with Crippen molar-refractivity contribution < 1.29 is 5.11 Å². The lowest BCUT2D eigenvalue weighted by Crippen LogP contribution is -2.34. The van der Waals surface area contributed by atoms with Crippen molar-refractivity contribution in [2.24, 2.45) is 11.7 Å². The van der Waals surface area contributed by atoms with Crippen molar-refractivity contribution >= 4 is 0 Å². The highest BCUT2D eigenvalue weighted by atomic mass is 16.3. The third kappa shape index (κ3) is 2.95. The standard InChI is InChI=1S/C10H19NO/c1-8(12)10(11)7-9-5-3-2-4-6-9/h3,5,8-10,12H,2,4,6-7,11H2,1H3/t8-,9?,10?/m0/s1. The SMILES string of the molecule is C[C@H](O)C(N)CC1C=CCCC1. The first-order chi connectivity index (χ1) is 5.70. The van der Waals surface area contributed by atoms with Gasteiger partial charge in [-0.1, -0.05) is 12.2 Å². The van der Waals surface area contributed by atoms with Crippen LogP contribution in [-0.4, -0.2) is 17.3 Å². The fourth-order valence-corrected chi connectivity index (χ4v) is 1.63. The summed E-state index contributed by atoms with van der Waals surface area (Å²) in [7, 11) is 0. The van der Waals surface area contributed by atoms with E-state index in [-0.39, 0.29) is 12.1 Å². The van der Waals surface area contributed by atoms with Crippen LogP contribution in [0.5, 0.6) is 0 Å². The second-order valence-corrected chi connectivity index (χ2v) is 3.76. The van der Waals surface area contributed by atoms with Crippen LogP contribution in [0.3, 0.4) is 0 Å². The summed E-state index contributed by atoms with van der Waals surface area (Å²) in [5.74, 6) is 0.600. The molecular formula is C10H19NO. The van der Waals surface area contributed by atoms with Gasteiger partial charge < -0.3 is 10.8 Å². The van der Waals surface area contributed by atoms with Gasteiger partial charge in [-0.05, 0) is 38.5 Å². The lowest BCUT2D eigenvalue weighted by molar-refractivity contribution is 0.152. The minimum absolute atomic E-state index is 0.0576. The smallest absolute Gasteiger partial charge is 0.0663 e. The van der Waals surface area contributed by atoms with Gasteiger partial charge >= 0.3 is 0 Å². The topological polar surface area (TPSA) is 46.2 Å². The molecule has 0 aromatic heterocycles. The molecule has 2 unspecified atom stereocenters. The van der Waals surface area contributed by atoms with Crippen LogP contribution in [0.2, 0.25) is 0 Å². The quantitative estimate of drug-likeness (QED) is 0.628. The van der Waals surface area contributed by atoms with Crippen LogP contribution in [0.4, 0.5) is 0 Å². The van der Waals surface area contributed by atoms with E-state index >= 15 is 0 Å². The molecule has 1 aliphatic rings. The Kier molecular flexibility index (Phi) is 3.76. The van der Waals surface area contributed by atoms with Gasteiger partial charge in [0.05, 0.1) is 6.10 Å². The predicted octanol–water partition coefficient (Wildman–Crippen LogP) is 1.44. The largest absolute Gasteiger partial charge is 0.392 e. The highest BCUT2D eigenvalue weighted by molar-refractivity contribution is 4.94. The van der Waals surface area contributed by atoms with Crippen molar-refractivity contribution in [3.63, 3.8) is 0 Å². The number of aliphatic hydroxyl groups is 1. The summed E-state index contributed by atoms with van der Waals surface area (Å²) in [6.07, 6.45) is 8.73. The molecule has 0 amide bonds. The Morgan fingerprint density at radius 3 is 2.92 bits per heavy atom. The third-order valence-corrected chi connectivity index (χ3v) is 2.55. The first-order valence-electron chi connectivity index (χ1n) is 4.80. The van der Waals surface area contributed by atoms with Gasteiger partial charge in [-0.15, -0.1) is 0 Å².